The number of hydrogen-bond acceptors (Lipinski definition) is 5. The Morgan fingerprint density at radius 2 is 1.90 bits per heavy atom. The van der Waals surface area contributed by atoms with Crippen molar-refractivity contribution in [2.45, 2.75) is 47.8 Å². The van der Waals surface area contributed by atoms with Gasteiger partial charge in [0.2, 0.25) is 0 Å². The number of aromatic nitrogens is 1. The summed E-state index contributed by atoms with van der Waals surface area (Å²) in [6, 6.07) is 17.8. The first-order valence-electron chi connectivity index (χ1n) is 10.4. The van der Waals surface area contributed by atoms with Crippen LogP contribution in [0.3, 0.4) is 0 Å². The van der Waals surface area contributed by atoms with Crippen LogP contribution >= 0.6 is 11.8 Å². The summed E-state index contributed by atoms with van der Waals surface area (Å²) in [6.07, 6.45) is 5.03. The fourth-order valence-corrected chi connectivity index (χ4v) is 4.97. The summed E-state index contributed by atoms with van der Waals surface area (Å²) in [6.45, 7) is 0. The molecule has 0 aliphatic heterocycles. The van der Waals surface area contributed by atoms with Gasteiger partial charge < -0.3 is 25.5 Å². The number of methoxy groups -OCH3 is 1. The number of anilines is 1. The maximum absolute atomic E-state index is 12.0. The number of carbonyl (C=O) groups excluding carboxylic acids is 1. The van der Waals surface area contributed by atoms with E-state index in [1.165, 1.54) is 0 Å². The van der Waals surface area contributed by atoms with E-state index in [9.17, 15) is 9.90 Å². The highest BCUT2D eigenvalue weighted by Gasteiger charge is 2.21. The van der Waals surface area contributed by atoms with Crippen LogP contribution in [0, 0.1) is 0 Å². The van der Waals surface area contributed by atoms with Crippen molar-refractivity contribution in [1.82, 2.24) is 4.57 Å². The molecule has 1 fully saturated rings. The lowest BCUT2D eigenvalue weighted by molar-refractivity contribution is 0.100. The van der Waals surface area contributed by atoms with Crippen LogP contribution in [0.4, 0.5) is 5.69 Å². The Bertz CT molecular complexity index is 1060. The fraction of sp³-hybridized carbons (Fsp3) is 0.292. The number of benzene rings is 2. The Kier molecular flexibility index (Phi) is 6.53. The highest BCUT2D eigenvalue weighted by Crippen LogP contribution is 2.36. The molecule has 0 unspecified atom stereocenters. The lowest BCUT2D eigenvalue weighted by Gasteiger charge is -2.28. The third-order valence-electron chi connectivity index (χ3n) is 5.60. The summed E-state index contributed by atoms with van der Waals surface area (Å²) in [5, 5.41) is 14.3. The number of ether oxygens (including phenoxy) is 1. The van der Waals surface area contributed by atoms with Crippen molar-refractivity contribution >= 4 is 23.4 Å². The second-order valence-corrected chi connectivity index (χ2v) is 8.78. The second-order valence-electron chi connectivity index (χ2n) is 7.71. The molecule has 31 heavy (non-hydrogen) atoms. The van der Waals surface area contributed by atoms with Gasteiger partial charge in [0.25, 0.3) is 5.91 Å². The van der Waals surface area contributed by atoms with E-state index in [1.807, 2.05) is 48.7 Å². The molecule has 1 heterocycles. The molecule has 2 aromatic carbocycles. The summed E-state index contributed by atoms with van der Waals surface area (Å²) in [5.41, 5.74) is 7.77. The monoisotopic (exact) mass is 437 g/mol. The highest BCUT2D eigenvalue weighted by atomic mass is 32.2. The van der Waals surface area contributed by atoms with Gasteiger partial charge in [0.05, 0.1) is 28.7 Å². The zero-order valence-corrected chi connectivity index (χ0v) is 18.3. The summed E-state index contributed by atoms with van der Waals surface area (Å²) in [7, 11) is 1.67. The number of carbonyl (C=O) groups is 1. The number of amides is 1. The number of aliphatic hydroxyl groups is 1. The predicted molar refractivity (Wildman–Crippen MR) is 123 cm³/mol. The number of primary amides is 1. The quantitative estimate of drug-likeness (QED) is 0.508. The van der Waals surface area contributed by atoms with Crippen molar-refractivity contribution in [1.29, 1.82) is 0 Å². The average molecular weight is 438 g/mol. The molecular weight excluding hydrogens is 410 g/mol. The van der Waals surface area contributed by atoms with Crippen LogP contribution in [0.25, 0.3) is 5.69 Å². The molecule has 1 amide bonds. The lowest BCUT2D eigenvalue weighted by Crippen LogP contribution is -2.29. The SMILES string of the molecule is COc1ccccc1Sc1cccn1-c1ccc(C(N)=O)c(N[C@H]2CC[C@H](O)CC2)c1. The molecule has 0 radical (unpaired) electrons. The Morgan fingerprint density at radius 1 is 1.13 bits per heavy atom. The number of aliphatic hydroxyl groups excluding tert-OH is 1. The van der Waals surface area contributed by atoms with Crippen molar-refractivity contribution < 1.29 is 14.6 Å². The van der Waals surface area contributed by atoms with E-state index in [0.717, 1.165) is 52.7 Å². The van der Waals surface area contributed by atoms with Crippen molar-refractivity contribution in [2.75, 3.05) is 12.4 Å². The van der Waals surface area contributed by atoms with Crippen LogP contribution in [0.2, 0.25) is 0 Å². The van der Waals surface area contributed by atoms with E-state index in [0.29, 0.717) is 5.56 Å². The van der Waals surface area contributed by atoms with Crippen LogP contribution in [0.15, 0.2) is 70.7 Å². The molecule has 162 valence electrons. The molecule has 1 saturated carbocycles. The smallest absolute Gasteiger partial charge is 0.250 e. The minimum absolute atomic E-state index is 0.212. The van der Waals surface area contributed by atoms with Gasteiger partial charge in [-0.05, 0) is 68.1 Å². The Morgan fingerprint density at radius 3 is 2.65 bits per heavy atom. The van der Waals surface area contributed by atoms with Crippen molar-refractivity contribution in [3.8, 4) is 11.4 Å². The molecule has 1 aromatic heterocycles. The fourth-order valence-electron chi connectivity index (χ4n) is 3.93. The van der Waals surface area contributed by atoms with Gasteiger partial charge in [-0.15, -0.1) is 0 Å². The van der Waals surface area contributed by atoms with Crippen LogP contribution in [0.1, 0.15) is 36.0 Å². The first-order valence-corrected chi connectivity index (χ1v) is 11.2. The summed E-state index contributed by atoms with van der Waals surface area (Å²) < 4.78 is 7.56. The van der Waals surface area contributed by atoms with Crippen LogP contribution in [-0.2, 0) is 0 Å². The highest BCUT2D eigenvalue weighted by molar-refractivity contribution is 7.99. The Labute approximate surface area is 186 Å². The first-order chi connectivity index (χ1) is 15.0. The molecule has 7 heteroatoms. The molecule has 4 N–H and O–H groups in total. The Hall–Kier alpha value is -2.90. The zero-order chi connectivity index (χ0) is 21.8. The minimum Gasteiger partial charge on any atom is -0.496 e. The largest absolute Gasteiger partial charge is 0.496 e. The number of rotatable bonds is 7. The van der Waals surface area contributed by atoms with Gasteiger partial charge in [0, 0.05) is 23.6 Å². The lowest BCUT2D eigenvalue weighted by atomic mass is 9.92. The normalized spacial score (nSPS) is 18.5. The van der Waals surface area contributed by atoms with Gasteiger partial charge in [0.1, 0.15) is 5.75 Å². The number of para-hydroxylation sites is 1. The van der Waals surface area contributed by atoms with E-state index in [2.05, 4.69) is 16.0 Å². The molecular formula is C24H27N3O3S. The van der Waals surface area contributed by atoms with E-state index >= 15 is 0 Å². The maximum atomic E-state index is 12.0. The summed E-state index contributed by atoms with van der Waals surface area (Å²) in [4.78, 5) is 13.0. The van der Waals surface area contributed by atoms with Gasteiger partial charge in [0.15, 0.2) is 0 Å². The van der Waals surface area contributed by atoms with Crippen molar-refractivity contribution in [2.24, 2.45) is 5.73 Å². The van der Waals surface area contributed by atoms with E-state index in [4.69, 9.17) is 10.5 Å². The maximum Gasteiger partial charge on any atom is 0.250 e. The molecule has 3 aromatic rings. The minimum atomic E-state index is -0.457. The first kappa shape index (κ1) is 21.3. The second kappa shape index (κ2) is 9.49. The average Bonchev–Trinajstić information content (AvgIpc) is 3.23. The third kappa shape index (κ3) is 4.89. The van der Waals surface area contributed by atoms with Gasteiger partial charge in [-0.1, -0.05) is 23.9 Å². The molecule has 0 saturated heterocycles. The number of nitrogens with two attached hydrogens (primary N) is 1. The molecule has 4 rings (SSSR count). The standard InChI is InChI=1S/C24H27N3O3S/c1-30-21-5-2-3-6-22(21)31-23-7-4-14-27(23)17-10-13-19(24(25)29)20(15-17)26-16-8-11-18(28)12-9-16/h2-7,10,13-16,18,26,28H,8-9,11-12H2,1H3,(H2,25,29)/t16-,18-. The van der Waals surface area contributed by atoms with E-state index < -0.39 is 5.91 Å². The van der Waals surface area contributed by atoms with Gasteiger partial charge >= 0.3 is 0 Å². The topological polar surface area (TPSA) is 89.5 Å². The van der Waals surface area contributed by atoms with Crippen LogP contribution in [-0.4, -0.2) is 34.8 Å². The van der Waals surface area contributed by atoms with E-state index in [-0.39, 0.29) is 12.1 Å². The number of nitrogens with one attached hydrogen (secondary N) is 1. The van der Waals surface area contributed by atoms with Crippen molar-refractivity contribution in [3.05, 3.63) is 66.4 Å². The van der Waals surface area contributed by atoms with Gasteiger partial charge in [-0.3, -0.25) is 4.79 Å². The molecule has 0 bridgehead atoms. The van der Waals surface area contributed by atoms with Crippen molar-refractivity contribution in [3.63, 3.8) is 0 Å². The zero-order valence-electron chi connectivity index (χ0n) is 17.5. The van der Waals surface area contributed by atoms with Crippen LogP contribution < -0.4 is 15.8 Å². The van der Waals surface area contributed by atoms with Gasteiger partial charge in [-0.2, -0.15) is 0 Å². The molecule has 1 aliphatic carbocycles. The van der Waals surface area contributed by atoms with E-state index in [1.54, 1.807) is 24.9 Å². The Balaban J connectivity index is 1.63. The predicted octanol–water partition coefficient (Wildman–Crippen LogP) is 4.45. The number of nitrogens with zero attached hydrogens (tertiary/aromatic N) is 1. The summed E-state index contributed by atoms with van der Waals surface area (Å²) in [5.74, 6) is 0.368. The van der Waals surface area contributed by atoms with Gasteiger partial charge in [-0.25, -0.2) is 0 Å². The van der Waals surface area contributed by atoms with Crippen LogP contribution in [0.5, 0.6) is 5.75 Å². The summed E-state index contributed by atoms with van der Waals surface area (Å²) >= 11 is 1.62. The molecule has 0 spiro atoms. The third-order valence-corrected chi connectivity index (χ3v) is 6.70. The number of hydrogen-bond donors (Lipinski definition) is 3. The molecule has 6 nitrogen and oxygen atoms in total. The molecule has 0 atom stereocenters. The molecule has 1 aliphatic rings.